The predicted molar refractivity (Wildman–Crippen MR) is 99.3 cm³/mol. The number of thiazole rings is 1. The standard InChI is InChI=1S/C20H20N2OS/c1-14-9-10-17(15(2)11-14)12-22(3)20(23)18-13-24-19(21-18)16-7-5-4-6-8-16/h4-11,13H,12H2,1-3H3. The normalized spacial score (nSPS) is 10.6. The summed E-state index contributed by atoms with van der Waals surface area (Å²) in [6.07, 6.45) is 0. The molecule has 0 saturated carbocycles. The zero-order valence-electron chi connectivity index (χ0n) is 14.1. The van der Waals surface area contributed by atoms with E-state index in [-0.39, 0.29) is 5.91 Å². The molecule has 24 heavy (non-hydrogen) atoms. The first-order valence-electron chi connectivity index (χ1n) is 7.87. The molecule has 4 heteroatoms. The van der Waals surface area contributed by atoms with E-state index >= 15 is 0 Å². The number of amides is 1. The predicted octanol–water partition coefficient (Wildman–Crippen LogP) is 4.70. The molecule has 0 unspecified atom stereocenters. The molecule has 3 aromatic rings. The summed E-state index contributed by atoms with van der Waals surface area (Å²) in [7, 11) is 1.82. The molecule has 0 atom stereocenters. The van der Waals surface area contributed by atoms with E-state index in [1.165, 1.54) is 22.5 Å². The Kier molecular flexibility index (Phi) is 4.76. The number of hydrogen-bond donors (Lipinski definition) is 0. The van der Waals surface area contributed by atoms with E-state index in [1.54, 1.807) is 4.90 Å². The molecule has 0 aliphatic carbocycles. The Balaban J connectivity index is 1.75. The van der Waals surface area contributed by atoms with Gasteiger partial charge in [-0.15, -0.1) is 11.3 Å². The van der Waals surface area contributed by atoms with E-state index in [0.29, 0.717) is 12.2 Å². The highest BCUT2D eigenvalue weighted by Crippen LogP contribution is 2.24. The van der Waals surface area contributed by atoms with Gasteiger partial charge in [-0.1, -0.05) is 54.1 Å². The van der Waals surface area contributed by atoms with Crippen LogP contribution in [0.4, 0.5) is 0 Å². The van der Waals surface area contributed by atoms with Crippen LogP contribution in [0.25, 0.3) is 10.6 Å². The van der Waals surface area contributed by atoms with Gasteiger partial charge in [0.05, 0.1) is 0 Å². The van der Waals surface area contributed by atoms with Crippen molar-refractivity contribution < 1.29 is 4.79 Å². The summed E-state index contributed by atoms with van der Waals surface area (Å²) in [5, 5.41) is 2.71. The van der Waals surface area contributed by atoms with Gasteiger partial charge in [-0.05, 0) is 25.0 Å². The number of rotatable bonds is 4. The summed E-state index contributed by atoms with van der Waals surface area (Å²) < 4.78 is 0. The zero-order chi connectivity index (χ0) is 17.1. The average molecular weight is 336 g/mol. The third-order valence-electron chi connectivity index (χ3n) is 4.00. The molecule has 0 aliphatic rings. The fraction of sp³-hybridized carbons (Fsp3) is 0.200. The second-order valence-corrected chi connectivity index (χ2v) is 6.85. The van der Waals surface area contributed by atoms with E-state index < -0.39 is 0 Å². The molecule has 0 N–H and O–H groups in total. The Hall–Kier alpha value is -2.46. The summed E-state index contributed by atoms with van der Waals surface area (Å²) in [5.74, 6) is -0.0478. The molecule has 0 radical (unpaired) electrons. The first-order valence-corrected chi connectivity index (χ1v) is 8.75. The number of nitrogens with zero attached hydrogens (tertiary/aromatic N) is 2. The minimum absolute atomic E-state index is 0.0478. The van der Waals surface area contributed by atoms with Gasteiger partial charge in [0.2, 0.25) is 0 Å². The minimum Gasteiger partial charge on any atom is -0.336 e. The summed E-state index contributed by atoms with van der Waals surface area (Å²) in [4.78, 5) is 18.9. The second kappa shape index (κ2) is 6.97. The van der Waals surface area contributed by atoms with E-state index in [4.69, 9.17) is 0 Å². The van der Waals surface area contributed by atoms with E-state index in [1.807, 2.05) is 42.8 Å². The Bertz CT molecular complexity index is 855. The van der Waals surface area contributed by atoms with E-state index in [0.717, 1.165) is 16.1 Å². The van der Waals surface area contributed by atoms with Gasteiger partial charge in [0.15, 0.2) is 0 Å². The zero-order valence-corrected chi connectivity index (χ0v) is 14.9. The van der Waals surface area contributed by atoms with Crippen molar-refractivity contribution in [2.75, 3.05) is 7.05 Å². The number of benzene rings is 2. The monoisotopic (exact) mass is 336 g/mol. The van der Waals surface area contributed by atoms with Gasteiger partial charge in [-0.2, -0.15) is 0 Å². The van der Waals surface area contributed by atoms with Crippen LogP contribution in [0, 0.1) is 13.8 Å². The molecule has 1 aromatic heterocycles. The molecule has 2 aromatic carbocycles. The summed E-state index contributed by atoms with van der Waals surface area (Å²) in [6.45, 7) is 4.74. The van der Waals surface area contributed by atoms with Crippen molar-refractivity contribution >= 4 is 17.2 Å². The lowest BCUT2D eigenvalue weighted by Gasteiger charge is -2.17. The Morgan fingerprint density at radius 1 is 1.12 bits per heavy atom. The number of carbonyl (C=O) groups is 1. The van der Waals surface area contributed by atoms with Crippen LogP contribution in [0.1, 0.15) is 27.2 Å². The molecule has 0 fully saturated rings. The smallest absolute Gasteiger partial charge is 0.273 e. The van der Waals surface area contributed by atoms with Crippen LogP contribution in [-0.2, 0) is 6.54 Å². The van der Waals surface area contributed by atoms with Crippen LogP contribution in [0.15, 0.2) is 53.9 Å². The third kappa shape index (κ3) is 3.54. The fourth-order valence-electron chi connectivity index (χ4n) is 2.63. The van der Waals surface area contributed by atoms with Crippen molar-refractivity contribution in [3.63, 3.8) is 0 Å². The van der Waals surface area contributed by atoms with Crippen molar-refractivity contribution in [3.05, 3.63) is 76.3 Å². The molecule has 3 rings (SSSR count). The lowest BCUT2D eigenvalue weighted by atomic mass is 10.1. The van der Waals surface area contributed by atoms with Crippen molar-refractivity contribution in [2.24, 2.45) is 0 Å². The number of aromatic nitrogens is 1. The topological polar surface area (TPSA) is 33.2 Å². The van der Waals surface area contributed by atoms with Gasteiger partial charge in [0, 0.05) is 24.5 Å². The molecule has 1 heterocycles. The maximum absolute atomic E-state index is 12.6. The molecule has 0 bridgehead atoms. The van der Waals surface area contributed by atoms with Gasteiger partial charge in [0.1, 0.15) is 10.7 Å². The van der Waals surface area contributed by atoms with Crippen LogP contribution in [0.2, 0.25) is 0 Å². The lowest BCUT2D eigenvalue weighted by molar-refractivity contribution is 0.0780. The van der Waals surface area contributed by atoms with Gasteiger partial charge in [0.25, 0.3) is 5.91 Å². The molecule has 0 saturated heterocycles. The Labute approximate surface area is 146 Å². The van der Waals surface area contributed by atoms with Gasteiger partial charge < -0.3 is 4.90 Å². The van der Waals surface area contributed by atoms with Crippen LogP contribution >= 0.6 is 11.3 Å². The highest BCUT2D eigenvalue weighted by atomic mass is 32.1. The van der Waals surface area contributed by atoms with E-state index in [2.05, 4.69) is 37.0 Å². The van der Waals surface area contributed by atoms with Crippen LogP contribution in [0.3, 0.4) is 0 Å². The number of hydrogen-bond acceptors (Lipinski definition) is 3. The van der Waals surface area contributed by atoms with Crippen molar-refractivity contribution in [1.29, 1.82) is 0 Å². The molecule has 3 nitrogen and oxygen atoms in total. The summed E-state index contributed by atoms with van der Waals surface area (Å²) in [6, 6.07) is 16.3. The van der Waals surface area contributed by atoms with Crippen LogP contribution < -0.4 is 0 Å². The molecule has 1 amide bonds. The maximum Gasteiger partial charge on any atom is 0.273 e. The highest BCUT2D eigenvalue weighted by Gasteiger charge is 2.17. The second-order valence-electron chi connectivity index (χ2n) is 6.00. The quantitative estimate of drug-likeness (QED) is 0.692. The first kappa shape index (κ1) is 16.4. The van der Waals surface area contributed by atoms with Crippen molar-refractivity contribution in [1.82, 2.24) is 9.88 Å². The Morgan fingerprint density at radius 2 is 1.88 bits per heavy atom. The van der Waals surface area contributed by atoms with Gasteiger partial charge in [-0.3, -0.25) is 4.79 Å². The summed E-state index contributed by atoms with van der Waals surface area (Å²) in [5.41, 5.74) is 5.15. The molecule has 0 spiro atoms. The van der Waals surface area contributed by atoms with Crippen LogP contribution in [-0.4, -0.2) is 22.8 Å². The largest absolute Gasteiger partial charge is 0.336 e. The fourth-order valence-corrected chi connectivity index (χ4v) is 3.43. The van der Waals surface area contributed by atoms with Gasteiger partial charge >= 0.3 is 0 Å². The molecule has 122 valence electrons. The van der Waals surface area contributed by atoms with Gasteiger partial charge in [-0.25, -0.2) is 4.98 Å². The molecule has 0 aliphatic heterocycles. The summed E-state index contributed by atoms with van der Waals surface area (Å²) >= 11 is 1.50. The lowest BCUT2D eigenvalue weighted by Crippen LogP contribution is -2.26. The maximum atomic E-state index is 12.6. The molecular weight excluding hydrogens is 316 g/mol. The molecular formula is C20H20N2OS. The third-order valence-corrected chi connectivity index (χ3v) is 4.89. The van der Waals surface area contributed by atoms with Crippen LogP contribution in [0.5, 0.6) is 0 Å². The van der Waals surface area contributed by atoms with Crippen molar-refractivity contribution in [2.45, 2.75) is 20.4 Å². The Morgan fingerprint density at radius 3 is 2.58 bits per heavy atom. The highest BCUT2D eigenvalue weighted by molar-refractivity contribution is 7.13. The first-order chi connectivity index (χ1) is 11.5. The van der Waals surface area contributed by atoms with Crippen molar-refractivity contribution in [3.8, 4) is 10.6 Å². The average Bonchev–Trinajstić information content (AvgIpc) is 3.07. The number of carbonyl (C=O) groups excluding carboxylic acids is 1. The minimum atomic E-state index is -0.0478. The van der Waals surface area contributed by atoms with E-state index in [9.17, 15) is 4.79 Å². The number of aryl methyl sites for hydroxylation is 2. The SMILES string of the molecule is Cc1ccc(CN(C)C(=O)c2csc(-c3ccccc3)n2)c(C)c1.